The summed E-state index contributed by atoms with van der Waals surface area (Å²) in [5.74, 6) is 0.325. The van der Waals surface area contributed by atoms with Gasteiger partial charge in [-0.05, 0) is 18.2 Å². The van der Waals surface area contributed by atoms with E-state index in [4.69, 9.17) is 14.2 Å². The lowest BCUT2D eigenvalue weighted by Gasteiger charge is -2.24. The fourth-order valence-electron chi connectivity index (χ4n) is 2.81. The molecule has 160 valence electrons. The van der Waals surface area contributed by atoms with Crippen LogP contribution < -0.4 is 23.8 Å². The third-order valence-corrected chi connectivity index (χ3v) is 5.31. The zero-order valence-electron chi connectivity index (χ0n) is 16.2. The van der Waals surface area contributed by atoms with Crippen molar-refractivity contribution in [2.45, 2.75) is 0 Å². The van der Waals surface area contributed by atoms with Crippen molar-refractivity contribution in [1.29, 1.82) is 0 Å². The number of hydrogen-bond donors (Lipinski definition) is 1. The van der Waals surface area contributed by atoms with Crippen molar-refractivity contribution in [2.24, 2.45) is 0 Å². The highest BCUT2D eigenvalue weighted by atomic mass is 32.2. The molecule has 0 aliphatic carbocycles. The molecular formula is C18H19N3O8S. The van der Waals surface area contributed by atoms with Gasteiger partial charge in [-0.3, -0.25) is 19.2 Å². The predicted octanol–water partition coefficient (Wildman–Crippen LogP) is 1.78. The number of ether oxygens (including phenoxy) is 3. The summed E-state index contributed by atoms with van der Waals surface area (Å²) in [4.78, 5) is 23.0. The van der Waals surface area contributed by atoms with Gasteiger partial charge in [0.25, 0.3) is 5.69 Å². The quantitative estimate of drug-likeness (QED) is 0.511. The fourth-order valence-corrected chi connectivity index (χ4v) is 3.66. The summed E-state index contributed by atoms with van der Waals surface area (Å²) in [7, 11) is -2.49. The van der Waals surface area contributed by atoms with Gasteiger partial charge in [-0.2, -0.15) is 0 Å². The van der Waals surface area contributed by atoms with E-state index in [9.17, 15) is 23.3 Å². The average Bonchev–Trinajstić information content (AvgIpc) is 2.70. The molecule has 12 heteroatoms. The molecule has 30 heavy (non-hydrogen) atoms. The summed E-state index contributed by atoms with van der Waals surface area (Å²) in [5, 5.41) is 13.5. The number of non-ortho nitro benzene ring substituents is 1. The molecule has 0 atom stereocenters. The Kier molecular flexibility index (Phi) is 5.96. The standard InChI is InChI=1S/C18H19N3O8S/c1-27-15-5-4-13(21(23)24)9-14(15)19-18(22)11-20(30(2,25)26)12-3-6-16-17(10-12)29-8-7-28-16/h3-6,9-10H,7-8,11H2,1-2H3,(H,19,22). The number of carbonyl (C=O) groups is 1. The third kappa shape index (κ3) is 4.71. The van der Waals surface area contributed by atoms with E-state index in [0.717, 1.165) is 16.6 Å². The van der Waals surface area contributed by atoms with Crippen LogP contribution in [0.1, 0.15) is 0 Å². The molecule has 1 N–H and O–H groups in total. The molecule has 0 fully saturated rings. The molecule has 1 heterocycles. The van der Waals surface area contributed by atoms with Crippen LogP contribution in [-0.2, 0) is 14.8 Å². The van der Waals surface area contributed by atoms with Gasteiger partial charge in [0.15, 0.2) is 11.5 Å². The zero-order chi connectivity index (χ0) is 21.9. The van der Waals surface area contributed by atoms with Crippen LogP contribution in [0, 0.1) is 10.1 Å². The van der Waals surface area contributed by atoms with E-state index in [1.165, 1.54) is 31.4 Å². The van der Waals surface area contributed by atoms with Crippen molar-refractivity contribution in [1.82, 2.24) is 0 Å². The number of carbonyl (C=O) groups excluding carboxylic acids is 1. The van der Waals surface area contributed by atoms with Gasteiger partial charge in [-0.25, -0.2) is 8.42 Å². The van der Waals surface area contributed by atoms with E-state index in [2.05, 4.69) is 5.32 Å². The van der Waals surface area contributed by atoms with Crippen LogP contribution in [0.25, 0.3) is 0 Å². The first kappa shape index (κ1) is 21.2. The van der Waals surface area contributed by atoms with Crippen molar-refractivity contribution >= 4 is 33.0 Å². The van der Waals surface area contributed by atoms with E-state index in [1.807, 2.05) is 0 Å². The second kappa shape index (κ2) is 8.45. The zero-order valence-corrected chi connectivity index (χ0v) is 17.0. The number of methoxy groups -OCH3 is 1. The van der Waals surface area contributed by atoms with Crippen molar-refractivity contribution in [3.63, 3.8) is 0 Å². The monoisotopic (exact) mass is 437 g/mol. The number of nitro benzene ring substituents is 1. The van der Waals surface area contributed by atoms with Crippen LogP contribution in [0.4, 0.5) is 17.1 Å². The van der Waals surface area contributed by atoms with Crippen molar-refractivity contribution in [3.8, 4) is 17.2 Å². The summed E-state index contributed by atoms with van der Waals surface area (Å²) >= 11 is 0. The van der Waals surface area contributed by atoms with E-state index >= 15 is 0 Å². The first-order chi connectivity index (χ1) is 14.2. The highest BCUT2D eigenvalue weighted by Crippen LogP contribution is 2.35. The largest absolute Gasteiger partial charge is 0.495 e. The fraction of sp³-hybridized carbons (Fsp3) is 0.278. The number of benzene rings is 2. The topological polar surface area (TPSA) is 137 Å². The van der Waals surface area contributed by atoms with Gasteiger partial charge in [0, 0.05) is 18.2 Å². The minimum absolute atomic E-state index is 0.0484. The lowest BCUT2D eigenvalue weighted by molar-refractivity contribution is -0.384. The van der Waals surface area contributed by atoms with Crippen LogP contribution in [-0.4, -0.2) is 52.4 Å². The van der Waals surface area contributed by atoms with E-state index in [-0.39, 0.29) is 22.8 Å². The Bertz CT molecular complexity index is 1090. The van der Waals surface area contributed by atoms with Crippen molar-refractivity contribution in [3.05, 3.63) is 46.5 Å². The third-order valence-electron chi connectivity index (χ3n) is 4.17. The highest BCUT2D eigenvalue weighted by Gasteiger charge is 2.24. The Morgan fingerprint density at radius 3 is 2.53 bits per heavy atom. The lowest BCUT2D eigenvalue weighted by atomic mass is 10.2. The Morgan fingerprint density at radius 1 is 1.20 bits per heavy atom. The molecule has 2 aromatic carbocycles. The molecule has 0 saturated carbocycles. The van der Waals surface area contributed by atoms with Crippen LogP contribution in [0.3, 0.4) is 0 Å². The summed E-state index contributed by atoms with van der Waals surface area (Å²) in [6, 6.07) is 8.22. The maximum absolute atomic E-state index is 12.6. The van der Waals surface area contributed by atoms with Gasteiger partial charge in [-0.15, -0.1) is 0 Å². The number of nitro groups is 1. The van der Waals surface area contributed by atoms with Gasteiger partial charge in [-0.1, -0.05) is 0 Å². The number of nitrogens with one attached hydrogen (secondary N) is 1. The number of fused-ring (bicyclic) bond motifs is 1. The van der Waals surface area contributed by atoms with Crippen LogP contribution in [0.5, 0.6) is 17.2 Å². The highest BCUT2D eigenvalue weighted by molar-refractivity contribution is 7.92. The van der Waals surface area contributed by atoms with Crippen LogP contribution in [0.2, 0.25) is 0 Å². The number of sulfonamides is 1. The number of rotatable bonds is 7. The number of anilines is 2. The first-order valence-electron chi connectivity index (χ1n) is 8.68. The van der Waals surface area contributed by atoms with Gasteiger partial charge in [0.2, 0.25) is 15.9 Å². The average molecular weight is 437 g/mol. The van der Waals surface area contributed by atoms with Gasteiger partial charge >= 0.3 is 0 Å². The van der Waals surface area contributed by atoms with Crippen LogP contribution >= 0.6 is 0 Å². The Hall–Kier alpha value is -3.54. The molecular weight excluding hydrogens is 418 g/mol. The molecule has 0 radical (unpaired) electrons. The Morgan fingerprint density at radius 2 is 1.90 bits per heavy atom. The normalized spacial score (nSPS) is 12.7. The van der Waals surface area contributed by atoms with Crippen LogP contribution in [0.15, 0.2) is 36.4 Å². The predicted molar refractivity (Wildman–Crippen MR) is 108 cm³/mol. The van der Waals surface area contributed by atoms with E-state index in [0.29, 0.717) is 24.7 Å². The van der Waals surface area contributed by atoms with E-state index < -0.39 is 27.4 Å². The molecule has 0 spiro atoms. The first-order valence-corrected chi connectivity index (χ1v) is 10.5. The molecule has 1 aliphatic rings. The molecule has 1 amide bonds. The molecule has 0 aromatic heterocycles. The lowest BCUT2D eigenvalue weighted by Crippen LogP contribution is -2.37. The Labute approximate surface area is 172 Å². The molecule has 0 bridgehead atoms. The maximum Gasteiger partial charge on any atom is 0.271 e. The van der Waals surface area contributed by atoms with E-state index in [1.54, 1.807) is 6.07 Å². The molecule has 3 rings (SSSR count). The van der Waals surface area contributed by atoms with Crippen molar-refractivity contribution < 1.29 is 32.3 Å². The van der Waals surface area contributed by atoms with Crippen molar-refractivity contribution in [2.75, 3.05) is 42.7 Å². The summed E-state index contributed by atoms with van der Waals surface area (Å²) in [6.45, 7) is 0.141. The molecule has 1 aliphatic heterocycles. The van der Waals surface area contributed by atoms with Gasteiger partial charge in [0.1, 0.15) is 25.5 Å². The molecule has 0 saturated heterocycles. The maximum atomic E-state index is 12.6. The number of amides is 1. The molecule has 11 nitrogen and oxygen atoms in total. The number of nitrogens with zero attached hydrogens (tertiary/aromatic N) is 2. The molecule has 0 unspecified atom stereocenters. The minimum atomic E-state index is -3.83. The summed E-state index contributed by atoms with van der Waals surface area (Å²) in [5.41, 5.74) is 0.00753. The molecule has 2 aromatic rings. The summed E-state index contributed by atoms with van der Waals surface area (Å²) in [6.07, 6.45) is 0.963. The number of hydrogen-bond acceptors (Lipinski definition) is 8. The van der Waals surface area contributed by atoms with Gasteiger partial charge < -0.3 is 19.5 Å². The van der Waals surface area contributed by atoms with Gasteiger partial charge in [0.05, 0.1) is 29.7 Å². The second-order valence-electron chi connectivity index (χ2n) is 6.29. The second-order valence-corrected chi connectivity index (χ2v) is 8.19. The summed E-state index contributed by atoms with van der Waals surface area (Å²) < 4.78 is 41.5. The Balaban J connectivity index is 1.85. The SMILES string of the molecule is COc1ccc([N+](=O)[O-])cc1NC(=O)CN(c1ccc2c(c1)OCCO2)S(C)(=O)=O. The minimum Gasteiger partial charge on any atom is -0.495 e. The smallest absolute Gasteiger partial charge is 0.271 e.